The zero-order chi connectivity index (χ0) is 15.6. The van der Waals surface area contributed by atoms with Crippen LogP contribution in [-0.4, -0.2) is 39.3 Å². The molecule has 1 saturated heterocycles. The summed E-state index contributed by atoms with van der Waals surface area (Å²) in [6.07, 6.45) is 7.51. The predicted molar refractivity (Wildman–Crippen MR) is 89.7 cm³/mol. The molecule has 0 aromatic carbocycles. The summed E-state index contributed by atoms with van der Waals surface area (Å²) in [5.74, 6) is 1.74. The molecule has 1 N–H and O–H groups in total. The predicted octanol–water partition coefficient (Wildman–Crippen LogP) is 2.14. The van der Waals surface area contributed by atoms with Gasteiger partial charge in [0.05, 0.1) is 5.69 Å². The Labute approximate surface area is 136 Å². The highest BCUT2D eigenvalue weighted by atomic mass is 15.3. The van der Waals surface area contributed by atoms with Gasteiger partial charge in [0.1, 0.15) is 0 Å². The van der Waals surface area contributed by atoms with E-state index in [9.17, 15) is 0 Å². The van der Waals surface area contributed by atoms with E-state index < -0.39 is 0 Å². The first-order valence-electron chi connectivity index (χ1n) is 8.44. The van der Waals surface area contributed by atoms with Crippen LogP contribution in [0.3, 0.4) is 0 Å². The molecular formula is C17H22N6. The molecule has 6 nitrogen and oxygen atoms in total. The number of nitrogens with zero attached hydrogens (tertiary/aromatic N) is 5. The van der Waals surface area contributed by atoms with Crippen molar-refractivity contribution in [3.63, 3.8) is 0 Å². The molecule has 23 heavy (non-hydrogen) atoms. The smallest absolute Gasteiger partial charge is 0.223 e. The van der Waals surface area contributed by atoms with Crippen molar-refractivity contribution in [2.45, 2.75) is 45.1 Å². The molecule has 0 amide bonds. The van der Waals surface area contributed by atoms with Gasteiger partial charge in [-0.25, -0.2) is 9.97 Å². The summed E-state index contributed by atoms with van der Waals surface area (Å²) in [7, 11) is 0. The number of aryl methyl sites for hydroxylation is 3. The summed E-state index contributed by atoms with van der Waals surface area (Å²) in [4.78, 5) is 11.1. The zero-order valence-electron chi connectivity index (χ0n) is 13.5. The number of piperidine rings is 1. The lowest BCUT2D eigenvalue weighted by Crippen LogP contribution is -2.43. The molecule has 2 aliphatic rings. The van der Waals surface area contributed by atoms with Crippen molar-refractivity contribution < 1.29 is 0 Å². The summed E-state index contributed by atoms with van der Waals surface area (Å²) in [6, 6.07) is 4.50. The largest absolute Gasteiger partial charge is 0.353 e. The van der Waals surface area contributed by atoms with Crippen molar-refractivity contribution in [1.29, 1.82) is 0 Å². The lowest BCUT2D eigenvalue weighted by atomic mass is 10.1. The Balaban J connectivity index is 1.46. The Bertz CT molecular complexity index is 701. The number of hydrogen-bond donors (Lipinski definition) is 1. The molecule has 2 aromatic rings. The quantitative estimate of drug-likeness (QED) is 0.937. The van der Waals surface area contributed by atoms with Crippen LogP contribution in [0, 0.1) is 6.92 Å². The summed E-state index contributed by atoms with van der Waals surface area (Å²) in [5.41, 5.74) is 3.56. The van der Waals surface area contributed by atoms with Gasteiger partial charge in [-0.1, -0.05) is 0 Å². The lowest BCUT2D eigenvalue weighted by molar-refractivity contribution is 0.522. The topological polar surface area (TPSA) is 66.8 Å². The molecule has 1 unspecified atom stereocenters. The molecule has 6 heteroatoms. The Hall–Kier alpha value is -2.24. The van der Waals surface area contributed by atoms with Crippen LogP contribution in [0.1, 0.15) is 36.2 Å². The first kappa shape index (κ1) is 14.4. The highest BCUT2D eigenvalue weighted by Crippen LogP contribution is 2.25. The molecule has 1 atom stereocenters. The van der Waals surface area contributed by atoms with E-state index in [1.807, 2.05) is 13.0 Å². The zero-order valence-corrected chi connectivity index (χ0v) is 13.5. The molecule has 4 rings (SSSR count). The Morgan fingerprint density at radius 3 is 3.09 bits per heavy atom. The summed E-state index contributed by atoms with van der Waals surface area (Å²) >= 11 is 0. The minimum absolute atomic E-state index is 0.348. The summed E-state index contributed by atoms with van der Waals surface area (Å²) in [6.45, 7) is 3.95. The Kier molecular flexibility index (Phi) is 3.81. The molecule has 1 fully saturated rings. The van der Waals surface area contributed by atoms with Gasteiger partial charge in [-0.05, 0) is 56.7 Å². The van der Waals surface area contributed by atoms with Crippen LogP contribution in [0.4, 0.5) is 11.8 Å². The average Bonchev–Trinajstić information content (AvgIpc) is 3.03. The van der Waals surface area contributed by atoms with Gasteiger partial charge in [-0.2, -0.15) is 5.10 Å². The highest BCUT2D eigenvalue weighted by Gasteiger charge is 2.23. The van der Waals surface area contributed by atoms with Crippen molar-refractivity contribution >= 4 is 11.8 Å². The van der Waals surface area contributed by atoms with Crippen molar-refractivity contribution in [3.05, 3.63) is 35.3 Å². The first-order valence-corrected chi connectivity index (χ1v) is 8.44. The molecular weight excluding hydrogens is 288 g/mol. The minimum atomic E-state index is 0.348. The fourth-order valence-electron chi connectivity index (χ4n) is 3.48. The second-order valence-corrected chi connectivity index (χ2v) is 6.48. The summed E-state index contributed by atoms with van der Waals surface area (Å²) in [5, 5.41) is 12.3. The SMILES string of the molecule is Cc1ccnc(NC2CCCN(c3cc4c(nn3)CCC4)C2)n1. The van der Waals surface area contributed by atoms with Gasteiger partial charge < -0.3 is 10.2 Å². The van der Waals surface area contributed by atoms with Crippen molar-refractivity contribution in [2.24, 2.45) is 0 Å². The molecule has 2 aromatic heterocycles. The van der Waals surface area contributed by atoms with Crippen LogP contribution in [-0.2, 0) is 12.8 Å². The fraction of sp³-hybridized carbons (Fsp3) is 0.529. The maximum atomic E-state index is 4.45. The molecule has 0 radical (unpaired) electrons. The first-order chi connectivity index (χ1) is 11.3. The van der Waals surface area contributed by atoms with Crippen LogP contribution < -0.4 is 10.2 Å². The second kappa shape index (κ2) is 6.10. The van der Waals surface area contributed by atoms with Crippen LogP contribution in [0.2, 0.25) is 0 Å². The molecule has 1 aliphatic heterocycles. The number of rotatable bonds is 3. The average molecular weight is 310 g/mol. The molecule has 0 saturated carbocycles. The van der Waals surface area contributed by atoms with E-state index in [0.29, 0.717) is 6.04 Å². The van der Waals surface area contributed by atoms with Gasteiger partial charge in [0, 0.05) is 31.0 Å². The van der Waals surface area contributed by atoms with E-state index in [0.717, 1.165) is 56.2 Å². The van der Waals surface area contributed by atoms with Crippen LogP contribution in [0.15, 0.2) is 18.3 Å². The van der Waals surface area contributed by atoms with Gasteiger partial charge in [-0.15, -0.1) is 5.10 Å². The number of nitrogens with one attached hydrogen (secondary N) is 1. The van der Waals surface area contributed by atoms with Crippen molar-refractivity contribution in [2.75, 3.05) is 23.3 Å². The van der Waals surface area contributed by atoms with Crippen LogP contribution in [0.25, 0.3) is 0 Å². The third-order valence-electron chi connectivity index (χ3n) is 4.68. The third-order valence-corrected chi connectivity index (χ3v) is 4.68. The van der Waals surface area contributed by atoms with Crippen molar-refractivity contribution in [3.8, 4) is 0 Å². The molecule has 120 valence electrons. The summed E-state index contributed by atoms with van der Waals surface area (Å²) < 4.78 is 0. The third kappa shape index (κ3) is 3.11. The van der Waals surface area contributed by atoms with Crippen molar-refractivity contribution in [1.82, 2.24) is 20.2 Å². The Morgan fingerprint density at radius 2 is 2.17 bits per heavy atom. The lowest BCUT2D eigenvalue weighted by Gasteiger charge is -2.33. The van der Waals surface area contributed by atoms with Crippen LogP contribution >= 0.6 is 0 Å². The number of aromatic nitrogens is 4. The van der Waals surface area contributed by atoms with E-state index in [2.05, 4.69) is 36.4 Å². The fourth-order valence-corrected chi connectivity index (χ4v) is 3.48. The normalized spacial score (nSPS) is 20.4. The van der Waals surface area contributed by atoms with E-state index in [1.165, 1.54) is 17.7 Å². The molecule has 3 heterocycles. The van der Waals surface area contributed by atoms with E-state index in [1.54, 1.807) is 6.20 Å². The number of anilines is 2. The monoisotopic (exact) mass is 310 g/mol. The van der Waals surface area contributed by atoms with Gasteiger partial charge in [0.15, 0.2) is 5.82 Å². The van der Waals surface area contributed by atoms with E-state index in [-0.39, 0.29) is 0 Å². The molecule has 0 bridgehead atoms. The van der Waals surface area contributed by atoms with Crippen LogP contribution in [0.5, 0.6) is 0 Å². The highest BCUT2D eigenvalue weighted by molar-refractivity contribution is 5.44. The second-order valence-electron chi connectivity index (χ2n) is 6.48. The standard InChI is InChI=1S/C17H22N6/c1-12-7-8-18-17(19-12)20-14-5-3-9-23(11-14)16-10-13-4-2-6-15(13)21-22-16/h7-8,10,14H,2-6,9,11H2,1H3,(H,18,19,20). The van der Waals surface area contributed by atoms with Gasteiger partial charge in [0.25, 0.3) is 0 Å². The van der Waals surface area contributed by atoms with Gasteiger partial charge in [-0.3, -0.25) is 0 Å². The maximum absolute atomic E-state index is 4.45. The van der Waals surface area contributed by atoms with E-state index in [4.69, 9.17) is 0 Å². The number of fused-ring (bicyclic) bond motifs is 1. The van der Waals surface area contributed by atoms with Gasteiger partial charge in [0.2, 0.25) is 5.95 Å². The Morgan fingerprint density at radius 1 is 1.22 bits per heavy atom. The van der Waals surface area contributed by atoms with Gasteiger partial charge >= 0.3 is 0 Å². The molecule has 1 aliphatic carbocycles. The minimum Gasteiger partial charge on any atom is -0.353 e. The molecule has 0 spiro atoms. The van der Waals surface area contributed by atoms with E-state index >= 15 is 0 Å². The number of hydrogen-bond acceptors (Lipinski definition) is 6. The maximum Gasteiger partial charge on any atom is 0.223 e.